The van der Waals surface area contributed by atoms with Crippen LogP contribution in [0.3, 0.4) is 0 Å². The van der Waals surface area contributed by atoms with Crippen LogP contribution in [-0.4, -0.2) is 24.4 Å². The SMILES string of the molecule is C=C/C=C/CC[C@@H]1COC[C@H]1O. The minimum atomic E-state index is -0.248. The second-order valence-corrected chi connectivity index (χ2v) is 3.11. The smallest absolute Gasteiger partial charge is 0.0823 e. The number of aliphatic hydroxyl groups excluding tert-OH is 1. The zero-order chi connectivity index (χ0) is 8.81. The van der Waals surface area contributed by atoms with E-state index < -0.39 is 0 Å². The number of ether oxygens (including phenoxy) is 1. The molecule has 12 heavy (non-hydrogen) atoms. The number of hydrogen-bond acceptors (Lipinski definition) is 2. The highest BCUT2D eigenvalue weighted by molar-refractivity contribution is 4.97. The van der Waals surface area contributed by atoms with E-state index in [2.05, 4.69) is 12.7 Å². The fourth-order valence-corrected chi connectivity index (χ4v) is 1.37. The van der Waals surface area contributed by atoms with Crippen molar-refractivity contribution in [1.82, 2.24) is 0 Å². The molecule has 1 aliphatic rings. The molecule has 1 aliphatic heterocycles. The maximum atomic E-state index is 9.38. The molecule has 0 amide bonds. The summed E-state index contributed by atoms with van der Waals surface area (Å²) in [7, 11) is 0. The second kappa shape index (κ2) is 5.12. The van der Waals surface area contributed by atoms with Gasteiger partial charge in [0.2, 0.25) is 0 Å². The minimum absolute atomic E-state index is 0.248. The zero-order valence-corrected chi connectivity index (χ0v) is 7.28. The molecular weight excluding hydrogens is 152 g/mol. The van der Waals surface area contributed by atoms with Gasteiger partial charge in [0.1, 0.15) is 0 Å². The topological polar surface area (TPSA) is 29.5 Å². The molecular formula is C10H16O2. The Bertz CT molecular complexity index is 163. The van der Waals surface area contributed by atoms with Crippen molar-refractivity contribution in [3.05, 3.63) is 24.8 Å². The largest absolute Gasteiger partial charge is 0.390 e. The van der Waals surface area contributed by atoms with Crippen LogP contribution in [0.4, 0.5) is 0 Å². The summed E-state index contributed by atoms with van der Waals surface area (Å²) in [6.07, 6.45) is 7.52. The average Bonchev–Trinajstić information content (AvgIpc) is 2.46. The highest BCUT2D eigenvalue weighted by Crippen LogP contribution is 2.18. The molecule has 1 rings (SSSR count). The Morgan fingerprint density at radius 3 is 2.92 bits per heavy atom. The van der Waals surface area contributed by atoms with Crippen LogP contribution in [0.15, 0.2) is 24.8 Å². The van der Waals surface area contributed by atoms with Crippen LogP contribution in [0, 0.1) is 5.92 Å². The highest BCUT2D eigenvalue weighted by atomic mass is 16.5. The van der Waals surface area contributed by atoms with Gasteiger partial charge in [-0.05, 0) is 12.8 Å². The van der Waals surface area contributed by atoms with Crippen LogP contribution in [-0.2, 0) is 4.74 Å². The number of hydrogen-bond donors (Lipinski definition) is 1. The monoisotopic (exact) mass is 168 g/mol. The summed E-state index contributed by atoms with van der Waals surface area (Å²) >= 11 is 0. The molecule has 0 aliphatic carbocycles. The maximum absolute atomic E-state index is 9.38. The minimum Gasteiger partial charge on any atom is -0.390 e. The Labute approximate surface area is 73.5 Å². The lowest BCUT2D eigenvalue weighted by Crippen LogP contribution is -2.17. The Morgan fingerprint density at radius 2 is 2.33 bits per heavy atom. The molecule has 2 heteroatoms. The summed E-state index contributed by atoms with van der Waals surface area (Å²) < 4.78 is 5.13. The van der Waals surface area contributed by atoms with E-state index in [0.29, 0.717) is 19.1 Å². The lowest BCUT2D eigenvalue weighted by molar-refractivity contribution is 0.117. The van der Waals surface area contributed by atoms with Gasteiger partial charge in [-0.3, -0.25) is 0 Å². The van der Waals surface area contributed by atoms with Crippen molar-refractivity contribution in [2.75, 3.05) is 13.2 Å². The van der Waals surface area contributed by atoms with E-state index in [0.717, 1.165) is 12.8 Å². The highest BCUT2D eigenvalue weighted by Gasteiger charge is 2.24. The molecule has 1 fully saturated rings. The van der Waals surface area contributed by atoms with Crippen molar-refractivity contribution in [1.29, 1.82) is 0 Å². The standard InChI is InChI=1S/C10H16O2/c1-2-3-4-5-6-9-7-12-8-10(9)11/h2-4,9-11H,1,5-8H2/b4-3+/t9-,10-/m1/s1. The molecule has 68 valence electrons. The van der Waals surface area contributed by atoms with Crippen LogP contribution in [0.1, 0.15) is 12.8 Å². The Kier molecular flexibility index (Phi) is 4.05. The van der Waals surface area contributed by atoms with Gasteiger partial charge in [0.05, 0.1) is 19.3 Å². The van der Waals surface area contributed by atoms with Crippen LogP contribution in [0.2, 0.25) is 0 Å². The first-order valence-electron chi connectivity index (χ1n) is 4.38. The Hall–Kier alpha value is -0.600. The zero-order valence-electron chi connectivity index (χ0n) is 7.28. The van der Waals surface area contributed by atoms with Gasteiger partial charge in [0.25, 0.3) is 0 Å². The van der Waals surface area contributed by atoms with Crippen molar-refractivity contribution in [3.8, 4) is 0 Å². The van der Waals surface area contributed by atoms with Gasteiger partial charge in [-0.1, -0.05) is 24.8 Å². The quantitative estimate of drug-likeness (QED) is 0.645. The van der Waals surface area contributed by atoms with E-state index in [-0.39, 0.29) is 6.10 Å². The van der Waals surface area contributed by atoms with Crippen LogP contribution < -0.4 is 0 Å². The van der Waals surface area contributed by atoms with Crippen molar-refractivity contribution in [2.45, 2.75) is 18.9 Å². The first kappa shape index (κ1) is 9.49. The fourth-order valence-electron chi connectivity index (χ4n) is 1.37. The van der Waals surface area contributed by atoms with Crippen LogP contribution >= 0.6 is 0 Å². The molecule has 1 N–H and O–H groups in total. The van der Waals surface area contributed by atoms with Crippen molar-refractivity contribution >= 4 is 0 Å². The number of allylic oxidation sites excluding steroid dienone is 3. The van der Waals surface area contributed by atoms with Gasteiger partial charge >= 0.3 is 0 Å². The first-order valence-corrected chi connectivity index (χ1v) is 4.38. The van der Waals surface area contributed by atoms with Gasteiger partial charge in [-0.15, -0.1) is 0 Å². The van der Waals surface area contributed by atoms with Gasteiger partial charge < -0.3 is 9.84 Å². The van der Waals surface area contributed by atoms with Crippen molar-refractivity contribution in [3.63, 3.8) is 0 Å². The summed E-state index contributed by atoms with van der Waals surface area (Å²) in [6.45, 7) is 4.81. The molecule has 0 aromatic rings. The Morgan fingerprint density at radius 1 is 1.50 bits per heavy atom. The molecule has 0 saturated carbocycles. The number of rotatable bonds is 4. The molecule has 0 radical (unpaired) electrons. The molecule has 0 aromatic carbocycles. The summed E-state index contributed by atoms with van der Waals surface area (Å²) in [5, 5.41) is 9.38. The van der Waals surface area contributed by atoms with E-state index in [1.807, 2.05) is 6.08 Å². The maximum Gasteiger partial charge on any atom is 0.0823 e. The Balaban J connectivity index is 2.13. The lowest BCUT2D eigenvalue weighted by Gasteiger charge is -2.09. The van der Waals surface area contributed by atoms with Gasteiger partial charge in [0, 0.05) is 5.92 Å². The second-order valence-electron chi connectivity index (χ2n) is 3.11. The summed E-state index contributed by atoms with van der Waals surface area (Å²) in [6, 6.07) is 0. The molecule has 2 atom stereocenters. The molecule has 2 nitrogen and oxygen atoms in total. The molecule has 0 unspecified atom stereocenters. The molecule has 1 heterocycles. The molecule has 1 saturated heterocycles. The van der Waals surface area contributed by atoms with Gasteiger partial charge in [-0.25, -0.2) is 0 Å². The molecule has 0 spiro atoms. The summed E-state index contributed by atoms with van der Waals surface area (Å²) in [4.78, 5) is 0. The van der Waals surface area contributed by atoms with Crippen molar-refractivity contribution in [2.24, 2.45) is 5.92 Å². The van der Waals surface area contributed by atoms with Crippen LogP contribution in [0.25, 0.3) is 0 Å². The predicted octanol–water partition coefficient (Wildman–Crippen LogP) is 1.52. The van der Waals surface area contributed by atoms with E-state index in [9.17, 15) is 5.11 Å². The number of aliphatic hydroxyl groups is 1. The van der Waals surface area contributed by atoms with Gasteiger partial charge in [-0.2, -0.15) is 0 Å². The molecule has 0 aromatic heterocycles. The summed E-state index contributed by atoms with van der Waals surface area (Å²) in [5.74, 6) is 0.333. The van der Waals surface area contributed by atoms with E-state index in [4.69, 9.17) is 4.74 Å². The fraction of sp³-hybridized carbons (Fsp3) is 0.600. The van der Waals surface area contributed by atoms with Crippen LogP contribution in [0.5, 0.6) is 0 Å². The van der Waals surface area contributed by atoms with E-state index in [1.165, 1.54) is 0 Å². The first-order chi connectivity index (χ1) is 5.84. The van der Waals surface area contributed by atoms with E-state index in [1.54, 1.807) is 6.08 Å². The van der Waals surface area contributed by atoms with Crippen molar-refractivity contribution < 1.29 is 9.84 Å². The molecule has 0 bridgehead atoms. The average molecular weight is 168 g/mol. The van der Waals surface area contributed by atoms with Gasteiger partial charge in [0.15, 0.2) is 0 Å². The third-order valence-corrected chi connectivity index (χ3v) is 2.14. The lowest BCUT2D eigenvalue weighted by atomic mass is 10.0. The summed E-state index contributed by atoms with van der Waals surface area (Å²) in [5.41, 5.74) is 0. The third-order valence-electron chi connectivity index (χ3n) is 2.14. The van der Waals surface area contributed by atoms with E-state index >= 15 is 0 Å². The normalized spacial score (nSPS) is 29.8. The third kappa shape index (κ3) is 2.80. The predicted molar refractivity (Wildman–Crippen MR) is 48.9 cm³/mol.